The van der Waals surface area contributed by atoms with E-state index in [1.807, 2.05) is 0 Å². The maximum atomic E-state index is 13.9. The lowest BCUT2D eigenvalue weighted by molar-refractivity contribution is 0.0300. The molecule has 1 aliphatic rings. The van der Waals surface area contributed by atoms with Gasteiger partial charge in [-0.3, -0.25) is 0 Å². The van der Waals surface area contributed by atoms with E-state index in [1.54, 1.807) is 0 Å². The highest BCUT2D eigenvalue weighted by Crippen LogP contribution is 2.37. The van der Waals surface area contributed by atoms with Gasteiger partial charge in [0.25, 0.3) is 0 Å². The van der Waals surface area contributed by atoms with E-state index in [2.05, 4.69) is 0 Å². The molecule has 0 aromatic heterocycles. The second-order valence-electron chi connectivity index (χ2n) is 6.54. The molecule has 1 aliphatic carbocycles. The first-order chi connectivity index (χ1) is 13.1. The molecule has 6 nitrogen and oxygen atoms in total. The molecule has 0 radical (unpaired) electrons. The van der Waals surface area contributed by atoms with Crippen molar-refractivity contribution in [1.82, 2.24) is 4.31 Å². The van der Waals surface area contributed by atoms with Gasteiger partial charge < -0.3 is 9.47 Å². The third-order valence-corrected chi connectivity index (χ3v) is 6.44. The molecule has 2 aromatic carbocycles. The minimum atomic E-state index is -3.86. The fourth-order valence-corrected chi connectivity index (χ4v) is 4.20. The third-order valence-electron chi connectivity index (χ3n) is 4.61. The molecular formula is C19H19F2NO5S. The van der Waals surface area contributed by atoms with Crippen molar-refractivity contribution < 1.29 is 31.5 Å². The van der Waals surface area contributed by atoms with Crippen LogP contribution in [0.1, 0.15) is 34.0 Å². The minimum Gasteiger partial charge on any atom is -0.495 e. The van der Waals surface area contributed by atoms with E-state index in [0.29, 0.717) is 24.0 Å². The number of sulfonamides is 1. The SMILES string of the molecule is COc1ccc(C(=O)OC2CCc3c(F)cc(F)cc32)cc1S(=O)(=O)N(C)C. The summed E-state index contributed by atoms with van der Waals surface area (Å²) < 4.78 is 63.9. The first-order valence-electron chi connectivity index (χ1n) is 8.44. The molecule has 0 saturated carbocycles. The molecule has 2 aromatic rings. The first kappa shape index (κ1) is 20.2. The minimum absolute atomic E-state index is 0.00782. The Balaban J connectivity index is 1.91. The number of esters is 1. The Morgan fingerprint density at radius 1 is 1.18 bits per heavy atom. The van der Waals surface area contributed by atoms with Crippen LogP contribution in [0.2, 0.25) is 0 Å². The number of methoxy groups -OCH3 is 1. The molecule has 1 unspecified atom stereocenters. The zero-order chi connectivity index (χ0) is 20.6. The zero-order valence-corrected chi connectivity index (χ0v) is 16.3. The Morgan fingerprint density at radius 3 is 2.54 bits per heavy atom. The molecule has 0 aliphatic heterocycles. The number of carbonyl (C=O) groups is 1. The third kappa shape index (κ3) is 3.59. The summed E-state index contributed by atoms with van der Waals surface area (Å²) in [6, 6.07) is 5.84. The predicted octanol–water partition coefficient (Wildman–Crippen LogP) is 3.07. The monoisotopic (exact) mass is 411 g/mol. The number of hydrogen-bond acceptors (Lipinski definition) is 5. The Hall–Kier alpha value is -2.52. The van der Waals surface area contributed by atoms with Gasteiger partial charge in [0.1, 0.15) is 28.4 Å². The van der Waals surface area contributed by atoms with Gasteiger partial charge >= 0.3 is 5.97 Å². The molecule has 0 N–H and O–H groups in total. The van der Waals surface area contributed by atoms with Gasteiger partial charge in [0, 0.05) is 25.7 Å². The highest BCUT2D eigenvalue weighted by molar-refractivity contribution is 7.89. The Kier molecular flexibility index (Phi) is 5.40. The van der Waals surface area contributed by atoms with Gasteiger partial charge in [0.05, 0.1) is 12.7 Å². The van der Waals surface area contributed by atoms with Crippen LogP contribution in [0, 0.1) is 11.6 Å². The highest BCUT2D eigenvalue weighted by atomic mass is 32.2. The van der Waals surface area contributed by atoms with Crippen molar-refractivity contribution in [2.24, 2.45) is 0 Å². The second kappa shape index (κ2) is 7.48. The lowest BCUT2D eigenvalue weighted by Crippen LogP contribution is -2.23. The Labute approximate surface area is 161 Å². The van der Waals surface area contributed by atoms with E-state index in [4.69, 9.17) is 9.47 Å². The van der Waals surface area contributed by atoms with Crippen LogP contribution in [0.25, 0.3) is 0 Å². The zero-order valence-electron chi connectivity index (χ0n) is 15.5. The number of carbonyl (C=O) groups excluding carboxylic acids is 1. The number of nitrogens with zero attached hydrogens (tertiary/aromatic N) is 1. The van der Waals surface area contributed by atoms with E-state index in [9.17, 15) is 22.0 Å². The van der Waals surface area contributed by atoms with Crippen molar-refractivity contribution in [3.63, 3.8) is 0 Å². The van der Waals surface area contributed by atoms with E-state index >= 15 is 0 Å². The number of fused-ring (bicyclic) bond motifs is 1. The van der Waals surface area contributed by atoms with E-state index in [1.165, 1.54) is 39.4 Å². The topological polar surface area (TPSA) is 72.9 Å². The molecule has 0 amide bonds. The number of ether oxygens (including phenoxy) is 2. The van der Waals surface area contributed by atoms with Crippen LogP contribution in [0.4, 0.5) is 8.78 Å². The van der Waals surface area contributed by atoms with Crippen LogP contribution in [0.15, 0.2) is 35.2 Å². The maximum absolute atomic E-state index is 13.9. The quantitative estimate of drug-likeness (QED) is 0.707. The summed E-state index contributed by atoms with van der Waals surface area (Å²) in [6.07, 6.45) is -0.161. The van der Waals surface area contributed by atoms with Gasteiger partial charge in [-0.15, -0.1) is 0 Å². The Bertz CT molecular complexity index is 1040. The molecular weight excluding hydrogens is 392 g/mol. The summed E-state index contributed by atoms with van der Waals surface area (Å²) in [4.78, 5) is 12.4. The van der Waals surface area contributed by atoms with E-state index in [-0.39, 0.29) is 16.2 Å². The van der Waals surface area contributed by atoms with Gasteiger partial charge in [-0.05, 0) is 42.7 Å². The first-order valence-corrected chi connectivity index (χ1v) is 9.88. The summed E-state index contributed by atoms with van der Waals surface area (Å²) in [6.45, 7) is 0. The van der Waals surface area contributed by atoms with Crippen molar-refractivity contribution >= 4 is 16.0 Å². The summed E-state index contributed by atoms with van der Waals surface area (Å²) in [5.41, 5.74) is 0.608. The largest absolute Gasteiger partial charge is 0.495 e. The van der Waals surface area contributed by atoms with Crippen molar-refractivity contribution in [3.8, 4) is 5.75 Å². The van der Waals surface area contributed by atoms with Crippen molar-refractivity contribution in [2.75, 3.05) is 21.2 Å². The van der Waals surface area contributed by atoms with Gasteiger partial charge in [-0.1, -0.05) is 0 Å². The molecule has 0 heterocycles. The summed E-state index contributed by atoms with van der Waals surface area (Å²) in [5.74, 6) is -2.12. The molecule has 150 valence electrons. The molecule has 0 saturated heterocycles. The summed E-state index contributed by atoms with van der Waals surface area (Å²) in [5, 5.41) is 0. The smallest absolute Gasteiger partial charge is 0.338 e. The van der Waals surface area contributed by atoms with Gasteiger partial charge in [0.15, 0.2) is 0 Å². The van der Waals surface area contributed by atoms with Crippen molar-refractivity contribution in [2.45, 2.75) is 23.8 Å². The fourth-order valence-electron chi connectivity index (χ4n) is 3.13. The van der Waals surface area contributed by atoms with Crippen LogP contribution >= 0.6 is 0 Å². The molecule has 9 heteroatoms. The van der Waals surface area contributed by atoms with Crippen molar-refractivity contribution in [3.05, 3.63) is 58.7 Å². The van der Waals surface area contributed by atoms with Gasteiger partial charge in [-0.2, -0.15) is 0 Å². The maximum Gasteiger partial charge on any atom is 0.338 e. The molecule has 3 rings (SSSR count). The number of hydrogen-bond donors (Lipinski definition) is 0. The van der Waals surface area contributed by atoms with Gasteiger partial charge in [0.2, 0.25) is 10.0 Å². The van der Waals surface area contributed by atoms with Crippen LogP contribution in [0.5, 0.6) is 5.75 Å². The molecule has 0 bridgehead atoms. The predicted molar refractivity (Wildman–Crippen MR) is 96.7 cm³/mol. The van der Waals surface area contributed by atoms with Crippen molar-refractivity contribution in [1.29, 1.82) is 0 Å². The van der Waals surface area contributed by atoms with Crippen LogP contribution in [-0.2, 0) is 21.2 Å². The molecule has 0 fully saturated rings. The number of rotatable bonds is 5. The normalized spacial score (nSPS) is 16.1. The lowest BCUT2D eigenvalue weighted by atomic mass is 10.1. The molecule has 28 heavy (non-hydrogen) atoms. The lowest BCUT2D eigenvalue weighted by Gasteiger charge is -2.17. The van der Waals surface area contributed by atoms with E-state index < -0.39 is 33.7 Å². The standard InChI is InChI=1S/C19H19F2NO5S/c1-22(2)28(24,25)18-8-11(4-6-17(18)26-3)19(23)27-16-7-5-13-14(16)9-12(20)10-15(13)21/h4,6,8-10,16H,5,7H2,1-3H3. The average molecular weight is 411 g/mol. The average Bonchev–Trinajstić information content (AvgIpc) is 3.03. The highest BCUT2D eigenvalue weighted by Gasteiger charge is 2.30. The summed E-state index contributed by atoms with van der Waals surface area (Å²) >= 11 is 0. The fraction of sp³-hybridized carbons (Fsp3) is 0.316. The van der Waals surface area contributed by atoms with Gasteiger partial charge in [-0.25, -0.2) is 26.3 Å². The van der Waals surface area contributed by atoms with E-state index in [0.717, 1.165) is 16.4 Å². The van der Waals surface area contributed by atoms with Crippen LogP contribution < -0.4 is 4.74 Å². The number of halogens is 2. The molecule has 1 atom stereocenters. The Morgan fingerprint density at radius 2 is 1.89 bits per heavy atom. The van der Waals surface area contributed by atoms with Crippen LogP contribution in [0.3, 0.4) is 0 Å². The summed E-state index contributed by atoms with van der Waals surface area (Å²) in [7, 11) is 0.177. The second-order valence-corrected chi connectivity index (χ2v) is 8.66. The number of benzene rings is 2. The van der Waals surface area contributed by atoms with Crippen LogP contribution in [-0.4, -0.2) is 39.9 Å². The molecule has 0 spiro atoms.